The van der Waals surface area contributed by atoms with Crippen molar-refractivity contribution >= 4 is 23.4 Å². The zero-order chi connectivity index (χ0) is 15.4. The average molecular weight is 309 g/mol. The first-order chi connectivity index (χ1) is 9.97. The highest BCUT2D eigenvalue weighted by Gasteiger charge is 2.35. The number of rotatable bonds is 5. The van der Waals surface area contributed by atoms with Gasteiger partial charge < -0.3 is 10.2 Å². The number of hydrogen-bond donors (Lipinski definition) is 1. The van der Waals surface area contributed by atoms with E-state index in [1.165, 1.54) is 0 Å². The molecule has 1 unspecified atom stereocenters. The fourth-order valence-electron chi connectivity index (χ4n) is 2.41. The third kappa shape index (κ3) is 4.21. The van der Waals surface area contributed by atoms with Crippen molar-refractivity contribution in [2.45, 2.75) is 39.3 Å². The molecule has 0 bridgehead atoms. The van der Waals surface area contributed by atoms with Gasteiger partial charge in [0.1, 0.15) is 6.04 Å². The highest BCUT2D eigenvalue weighted by atomic mass is 35.5. The van der Waals surface area contributed by atoms with E-state index in [-0.39, 0.29) is 17.9 Å². The highest BCUT2D eigenvalue weighted by molar-refractivity contribution is 6.30. The monoisotopic (exact) mass is 308 g/mol. The lowest BCUT2D eigenvalue weighted by molar-refractivity contribution is -0.135. The van der Waals surface area contributed by atoms with Gasteiger partial charge in [-0.2, -0.15) is 0 Å². The Hall–Kier alpha value is -1.55. The number of amides is 2. The third-order valence-electron chi connectivity index (χ3n) is 3.58. The molecule has 1 heterocycles. The Morgan fingerprint density at radius 1 is 1.38 bits per heavy atom. The minimum Gasteiger partial charge on any atom is -0.354 e. The molecule has 1 fully saturated rings. The third-order valence-corrected chi connectivity index (χ3v) is 3.83. The lowest BCUT2D eigenvalue weighted by atomic mass is 10.1. The van der Waals surface area contributed by atoms with Crippen molar-refractivity contribution in [1.82, 2.24) is 10.2 Å². The molecule has 0 saturated carbocycles. The van der Waals surface area contributed by atoms with Crippen LogP contribution in [0.4, 0.5) is 0 Å². The van der Waals surface area contributed by atoms with Gasteiger partial charge in [-0.05, 0) is 30.0 Å². The van der Waals surface area contributed by atoms with Gasteiger partial charge in [0.2, 0.25) is 11.8 Å². The number of carbonyl (C=O) groups excluding carboxylic acids is 2. The zero-order valence-corrected chi connectivity index (χ0v) is 13.2. The average Bonchev–Trinajstić information content (AvgIpc) is 2.80. The molecule has 0 aliphatic carbocycles. The molecule has 1 aliphatic heterocycles. The highest BCUT2D eigenvalue weighted by Crippen LogP contribution is 2.22. The maximum atomic E-state index is 12.2. The molecule has 2 rings (SSSR count). The van der Waals surface area contributed by atoms with Gasteiger partial charge in [0.05, 0.1) is 0 Å². The van der Waals surface area contributed by atoms with Gasteiger partial charge in [0.25, 0.3) is 0 Å². The van der Waals surface area contributed by atoms with Gasteiger partial charge in [-0.3, -0.25) is 9.59 Å². The van der Waals surface area contributed by atoms with Crippen LogP contribution in [0, 0.1) is 5.92 Å². The first-order valence-corrected chi connectivity index (χ1v) is 7.67. The van der Waals surface area contributed by atoms with E-state index in [2.05, 4.69) is 5.32 Å². The van der Waals surface area contributed by atoms with Gasteiger partial charge in [-0.1, -0.05) is 37.6 Å². The summed E-state index contributed by atoms with van der Waals surface area (Å²) in [4.78, 5) is 25.9. The molecule has 1 aliphatic rings. The molecule has 1 atom stereocenters. The first kappa shape index (κ1) is 15.8. The molecule has 2 amide bonds. The lowest BCUT2D eigenvalue weighted by Gasteiger charge is -2.24. The second-order valence-electron chi connectivity index (χ2n) is 5.84. The van der Waals surface area contributed by atoms with E-state index in [4.69, 9.17) is 11.6 Å². The van der Waals surface area contributed by atoms with Crippen molar-refractivity contribution in [3.05, 3.63) is 34.9 Å². The summed E-state index contributed by atoms with van der Waals surface area (Å²) >= 11 is 5.86. The predicted octanol–water partition coefficient (Wildman–Crippen LogP) is 2.60. The van der Waals surface area contributed by atoms with E-state index in [1.54, 1.807) is 17.0 Å². The van der Waals surface area contributed by atoms with E-state index < -0.39 is 0 Å². The Bertz CT molecular complexity index is 514. The number of likely N-dealkylation sites (tertiary alicyclic amines) is 1. The largest absolute Gasteiger partial charge is 0.354 e. The fraction of sp³-hybridized carbons (Fsp3) is 0.500. The Balaban J connectivity index is 2.02. The van der Waals surface area contributed by atoms with Gasteiger partial charge in [-0.25, -0.2) is 0 Å². The Kier molecular flexibility index (Phi) is 5.23. The summed E-state index contributed by atoms with van der Waals surface area (Å²) in [6.45, 7) is 5.19. The standard InChI is InChI=1S/C16H21ClN2O2/c1-11(2)9-18-16(21)14-7-8-15(20)19(14)10-12-3-5-13(17)6-4-12/h3-6,11,14H,7-10H2,1-2H3,(H,18,21). The number of nitrogens with zero attached hydrogens (tertiary/aromatic N) is 1. The van der Waals surface area contributed by atoms with Gasteiger partial charge >= 0.3 is 0 Å². The quantitative estimate of drug-likeness (QED) is 0.909. The number of carbonyl (C=O) groups is 2. The van der Waals surface area contributed by atoms with E-state index >= 15 is 0 Å². The van der Waals surface area contributed by atoms with Gasteiger partial charge in [0.15, 0.2) is 0 Å². The van der Waals surface area contributed by atoms with Gasteiger partial charge in [0, 0.05) is 24.5 Å². The van der Waals surface area contributed by atoms with Crippen LogP contribution in [-0.4, -0.2) is 29.3 Å². The lowest BCUT2D eigenvalue weighted by Crippen LogP contribution is -2.45. The fourth-order valence-corrected chi connectivity index (χ4v) is 2.54. The van der Waals surface area contributed by atoms with Crippen LogP contribution in [0.25, 0.3) is 0 Å². The zero-order valence-electron chi connectivity index (χ0n) is 12.4. The molecule has 0 aromatic heterocycles. The molecular formula is C16H21ClN2O2. The van der Waals surface area contributed by atoms with E-state index in [0.29, 0.717) is 36.9 Å². The molecule has 0 spiro atoms. The number of benzene rings is 1. The van der Waals surface area contributed by atoms with E-state index in [9.17, 15) is 9.59 Å². The van der Waals surface area contributed by atoms with Crippen molar-refractivity contribution in [3.63, 3.8) is 0 Å². The second kappa shape index (κ2) is 6.94. The minimum absolute atomic E-state index is 0.0367. The van der Waals surface area contributed by atoms with E-state index in [1.807, 2.05) is 26.0 Å². The molecule has 1 aromatic carbocycles. The van der Waals surface area contributed by atoms with Crippen molar-refractivity contribution < 1.29 is 9.59 Å². The molecule has 1 aromatic rings. The van der Waals surface area contributed by atoms with Crippen LogP contribution in [0.3, 0.4) is 0 Å². The summed E-state index contributed by atoms with van der Waals surface area (Å²) in [6.07, 6.45) is 1.03. The summed E-state index contributed by atoms with van der Waals surface area (Å²) in [5.74, 6) is 0.383. The number of halogens is 1. The molecule has 4 nitrogen and oxygen atoms in total. The second-order valence-corrected chi connectivity index (χ2v) is 6.28. The molecule has 5 heteroatoms. The summed E-state index contributed by atoms with van der Waals surface area (Å²) in [5.41, 5.74) is 0.983. The van der Waals surface area contributed by atoms with Crippen LogP contribution in [-0.2, 0) is 16.1 Å². The molecule has 1 N–H and O–H groups in total. The molecule has 21 heavy (non-hydrogen) atoms. The van der Waals surface area contributed by atoms with Crippen LogP contribution < -0.4 is 5.32 Å². The normalized spacial score (nSPS) is 18.4. The molecule has 1 saturated heterocycles. The minimum atomic E-state index is -0.355. The maximum absolute atomic E-state index is 12.2. The van der Waals surface area contributed by atoms with Crippen molar-refractivity contribution in [3.8, 4) is 0 Å². The van der Waals surface area contributed by atoms with Crippen LogP contribution >= 0.6 is 11.6 Å². The first-order valence-electron chi connectivity index (χ1n) is 7.29. The molecular weight excluding hydrogens is 288 g/mol. The number of hydrogen-bond acceptors (Lipinski definition) is 2. The van der Waals surface area contributed by atoms with Crippen LogP contribution in [0.5, 0.6) is 0 Å². The van der Waals surface area contributed by atoms with Crippen LogP contribution in [0.15, 0.2) is 24.3 Å². The molecule has 114 valence electrons. The van der Waals surface area contributed by atoms with Crippen molar-refractivity contribution in [2.75, 3.05) is 6.54 Å². The number of nitrogens with one attached hydrogen (secondary N) is 1. The Morgan fingerprint density at radius 3 is 2.67 bits per heavy atom. The Morgan fingerprint density at radius 2 is 2.05 bits per heavy atom. The summed E-state index contributed by atoms with van der Waals surface area (Å²) in [7, 11) is 0. The van der Waals surface area contributed by atoms with Crippen LogP contribution in [0.2, 0.25) is 5.02 Å². The summed E-state index contributed by atoms with van der Waals surface area (Å²) in [5, 5.41) is 3.58. The summed E-state index contributed by atoms with van der Waals surface area (Å²) < 4.78 is 0. The maximum Gasteiger partial charge on any atom is 0.242 e. The smallest absolute Gasteiger partial charge is 0.242 e. The van der Waals surface area contributed by atoms with Crippen molar-refractivity contribution in [1.29, 1.82) is 0 Å². The van der Waals surface area contributed by atoms with Crippen molar-refractivity contribution in [2.24, 2.45) is 5.92 Å². The summed E-state index contributed by atoms with van der Waals surface area (Å²) in [6, 6.07) is 7.01. The Labute approximate surface area is 130 Å². The van der Waals surface area contributed by atoms with Crippen LogP contribution in [0.1, 0.15) is 32.3 Å². The SMILES string of the molecule is CC(C)CNC(=O)C1CCC(=O)N1Cc1ccc(Cl)cc1. The van der Waals surface area contributed by atoms with E-state index in [0.717, 1.165) is 5.56 Å². The predicted molar refractivity (Wildman–Crippen MR) is 82.9 cm³/mol. The van der Waals surface area contributed by atoms with Gasteiger partial charge in [-0.15, -0.1) is 0 Å². The topological polar surface area (TPSA) is 49.4 Å². The molecule has 0 radical (unpaired) electrons.